The van der Waals surface area contributed by atoms with Crippen LogP contribution in [0.5, 0.6) is 0 Å². The van der Waals surface area contributed by atoms with E-state index in [0.717, 1.165) is 12.8 Å². The van der Waals surface area contributed by atoms with Crippen LogP contribution >= 0.6 is 0 Å². The summed E-state index contributed by atoms with van der Waals surface area (Å²) in [6, 6.07) is 5.86. The van der Waals surface area contributed by atoms with Gasteiger partial charge in [0.25, 0.3) is 5.69 Å². The fourth-order valence-corrected chi connectivity index (χ4v) is 3.50. The van der Waals surface area contributed by atoms with E-state index in [-0.39, 0.29) is 11.5 Å². The van der Waals surface area contributed by atoms with E-state index < -0.39 is 10.3 Å². The number of fused-ring (bicyclic) bond motifs is 2. The van der Waals surface area contributed by atoms with Gasteiger partial charge in [0.05, 0.1) is 10.3 Å². The first-order valence-electron chi connectivity index (χ1n) is 6.74. The van der Waals surface area contributed by atoms with Crippen molar-refractivity contribution in [2.75, 3.05) is 6.54 Å². The Morgan fingerprint density at radius 1 is 1.35 bits per heavy atom. The van der Waals surface area contributed by atoms with Crippen molar-refractivity contribution in [3.63, 3.8) is 0 Å². The van der Waals surface area contributed by atoms with E-state index in [1.165, 1.54) is 12.1 Å². The van der Waals surface area contributed by atoms with E-state index in [1.807, 2.05) is 6.08 Å². The largest absolute Gasteiger partial charge is 0.330 e. The standard InChI is InChI=1S/C15H16N2O3/c16-9-12-8-15(6-5-11(12)7-15)14(18)10-1-3-13(4-2-10)17(19)20/h1-6,11-12H,7-9,16H2. The van der Waals surface area contributed by atoms with Crippen LogP contribution in [0.4, 0.5) is 5.69 Å². The van der Waals surface area contributed by atoms with Gasteiger partial charge in [0.15, 0.2) is 5.78 Å². The first-order valence-corrected chi connectivity index (χ1v) is 6.74. The van der Waals surface area contributed by atoms with E-state index in [4.69, 9.17) is 5.73 Å². The number of carbonyl (C=O) groups is 1. The van der Waals surface area contributed by atoms with E-state index in [2.05, 4.69) is 6.08 Å². The van der Waals surface area contributed by atoms with Crippen molar-refractivity contribution in [2.45, 2.75) is 12.8 Å². The number of carbonyl (C=O) groups excluding carboxylic acids is 1. The lowest BCUT2D eigenvalue weighted by Gasteiger charge is -2.24. The van der Waals surface area contributed by atoms with Crippen LogP contribution < -0.4 is 5.73 Å². The summed E-state index contributed by atoms with van der Waals surface area (Å²) in [7, 11) is 0. The lowest BCUT2D eigenvalue weighted by atomic mass is 9.78. The molecule has 1 aromatic carbocycles. The molecule has 0 saturated heterocycles. The van der Waals surface area contributed by atoms with E-state index in [1.54, 1.807) is 12.1 Å². The lowest BCUT2D eigenvalue weighted by Crippen LogP contribution is -2.27. The Morgan fingerprint density at radius 3 is 2.60 bits per heavy atom. The number of hydrogen-bond acceptors (Lipinski definition) is 4. The van der Waals surface area contributed by atoms with E-state index in [9.17, 15) is 14.9 Å². The molecule has 1 saturated carbocycles. The van der Waals surface area contributed by atoms with Crippen LogP contribution in [0.15, 0.2) is 36.4 Å². The molecule has 0 amide bonds. The topological polar surface area (TPSA) is 86.2 Å². The molecule has 0 radical (unpaired) electrons. The van der Waals surface area contributed by atoms with Crippen LogP contribution in [0.1, 0.15) is 23.2 Å². The van der Waals surface area contributed by atoms with Crippen molar-refractivity contribution in [1.82, 2.24) is 0 Å². The van der Waals surface area contributed by atoms with Gasteiger partial charge >= 0.3 is 0 Å². The number of nitro benzene ring substituents is 1. The van der Waals surface area contributed by atoms with Gasteiger partial charge in [-0.05, 0) is 43.4 Å². The smallest absolute Gasteiger partial charge is 0.269 e. The van der Waals surface area contributed by atoms with Gasteiger partial charge in [0.1, 0.15) is 0 Å². The number of rotatable bonds is 4. The highest BCUT2D eigenvalue weighted by Gasteiger charge is 2.50. The average Bonchev–Trinajstić information content (AvgIpc) is 3.05. The SMILES string of the molecule is NCC1CC2(C(=O)c3ccc([N+](=O)[O-])cc3)C=CC1C2. The minimum absolute atomic E-state index is 0.00477. The van der Waals surface area contributed by atoms with Crippen molar-refractivity contribution < 1.29 is 9.72 Å². The van der Waals surface area contributed by atoms with Crippen LogP contribution in [0, 0.1) is 27.4 Å². The van der Waals surface area contributed by atoms with Gasteiger partial charge in [0, 0.05) is 17.7 Å². The third-order valence-electron chi connectivity index (χ3n) is 4.59. The number of Topliss-reactive ketones (excluding diaryl/α,β-unsaturated/α-hetero) is 1. The third kappa shape index (κ3) is 1.86. The summed E-state index contributed by atoms with van der Waals surface area (Å²) in [6.45, 7) is 0.601. The number of non-ortho nitro benzene ring substituents is 1. The molecule has 5 nitrogen and oxygen atoms in total. The van der Waals surface area contributed by atoms with Gasteiger partial charge in [-0.1, -0.05) is 12.2 Å². The number of nitrogens with two attached hydrogens (primary N) is 1. The van der Waals surface area contributed by atoms with Crippen molar-refractivity contribution >= 4 is 11.5 Å². The molecular weight excluding hydrogens is 256 g/mol. The predicted molar refractivity (Wildman–Crippen MR) is 74.3 cm³/mol. The maximum Gasteiger partial charge on any atom is 0.269 e. The molecule has 5 heteroatoms. The van der Waals surface area contributed by atoms with Crippen molar-refractivity contribution in [3.8, 4) is 0 Å². The van der Waals surface area contributed by atoms with Crippen LogP contribution in [0.3, 0.4) is 0 Å². The molecule has 20 heavy (non-hydrogen) atoms. The zero-order valence-corrected chi connectivity index (χ0v) is 11.0. The molecule has 104 valence electrons. The summed E-state index contributed by atoms with van der Waals surface area (Å²) in [5.74, 6) is 0.839. The first kappa shape index (κ1) is 13.0. The molecule has 1 aromatic rings. The maximum atomic E-state index is 12.7. The quantitative estimate of drug-likeness (QED) is 0.394. The molecule has 2 aliphatic carbocycles. The molecule has 0 aromatic heterocycles. The Hall–Kier alpha value is -2.01. The molecular formula is C15H16N2O3. The Kier molecular flexibility index (Phi) is 2.94. The van der Waals surface area contributed by atoms with Crippen molar-refractivity contribution in [1.29, 1.82) is 0 Å². The molecule has 3 rings (SSSR count). The molecule has 2 bridgehead atoms. The Balaban J connectivity index is 1.86. The molecule has 0 aliphatic heterocycles. The van der Waals surface area contributed by atoms with Crippen LogP contribution in [0.25, 0.3) is 0 Å². The van der Waals surface area contributed by atoms with Gasteiger partial charge in [-0.15, -0.1) is 0 Å². The van der Waals surface area contributed by atoms with E-state index >= 15 is 0 Å². The number of ketones is 1. The van der Waals surface area contributed by atoms with Gasteiger partial charge in [-0.3, -0.25) is 14.9 Å². The number of allylic oxidation sites excluding steroid dienone is 2. The molecule has 0 spiro atoms. The Morgan fingerprint density at radius 2 is 2.05 bits per heavy atom. The second-order valence-electron chi connectivity index (χ2n) is 5.72. The van der Waals surface area contributed by atoms with Crippen molar-refractivity contribution in [2.24, 2.45) is 23.0 Å². The van der Waals surface area contributed by atoms with Gasteiger partial charge in [-0.25, -0.2) is 0 Å². The molecule has 1 fully saturated rings. The van der Waals surface area contributed by atoms with Crippen LogP contribution in [-0.2, 0) is 0 Å². The molecule has 0 heterocycles. The molecule has 2 aliphatic rings. The summed E-state index contributed by atoms with van der Waals surface area (Å²) < 4.78 is 0. The number of hydrogen-bond donors (Lipinski definition) is 1. The minimum atomic E-state index is -0.460. The van der Waals surface area contributed by atoms with Gasteiger partial charge in [-0.2, -0.15) is 0 Å². The van der Waals surface area contributed by atoms with Crippen LogP contribution in [0.2, 0.25) is 0 Å². The zero-order valence-electron chi connectivity index (χ0n) is 11.0. The van der Waals surface area contributed by atoms with Crippen LogP contribution in [-0.4, -0.2) is 17.3 Å². The highest BCUT2D eigenvalue weighted by Crippen LogP contribution is 2.53. The molecule has 3 unspecified atom stereocenters. The fourth-order valence-electron chi connectivity index (χ4n) is 3.50. The number of nitro groups is 1. The number of nitrogens with zero attached hydrogens (tertiary/aromatic N) is 1. The molecule has 2 N–H and O–H groups in total. The summed E-state index contributed by atoms with van der Waals surface area (Å²) in [5, 5.41) is 10.6. The number of benzene rings is 1. The Bertz CT molecular complexity index is 594. The molecule has 3 atom stereocenters. The summed E-state index contributed by atoms with van der Waals surface area (Å²) in [4.78, 5) is 22.9. The second-order valence-corrected chi connectivity index (χ2v) is 5.72. The third-order valence-corrected chi connectivity index (χ3v) is 4.59. The van der Waals surface area contributed by atoms with E-state index in [0.29, 0.717) is 23.9 Å². The highest BCUT2D eigenvalue weighted by atomic mass is 16.6. The summed E-state index contributed by atoms with van der Waals surface area (Å²) in [6.07, 6.45) is 5.73. The lowest BCUT2D eigenvalue weighted by molar-refractivity contribution is -0.384. The maximum absolute atomic E-state index is 12.7. The average molecular weight is 272 g/mol. The summed E-state index contributed by atoms with van der Waals surface area (Å²) in [5.41, 5.74) is 5.86. The minimum Gasteiger partial charge on any atom is -0.330 e. The highest BCUT2D eigenvalue weighted by molar-refractivity contribution is 6.02. The first-order chi connectivity index (χ1) is 9.55. The second kappa shape index (κ2) is 4.52. The van der Waals surface area contributed by atoms with Crippen molar-refractivity contribution in [3.05, 3.63) is 52.1 Å². The zero-order chi connectivity index (χ0) is 14.3. The Labute approximate surface area is 116 Å². The van der Waals surface area contributed by atoms with Gasteiger partial charge in [0.2, 0.25) is 0 Å². The normalized spacial score (nSPS) is 30.6. The summed E-state index contributed by atoms with van der Waals surface area (Å²) >= 11 is 0. The fraction of sp³-hybridized carbons (Fsp3) is 0.400. The predicted octanol–water partition coefficient (Wildman–Crippen LogP) is 2.32. The monoisotopic (exact) mass is 272 g/mol. The van der Waals surface area contributed by atoms with Gasteiger partial charge < -0.3 is 5.73 Å².